The molecule has 4 nitrogen and oxygen atoms in total. The maximum atomic E-state index is 9.47. The molecule has 0 heterocycles. The van der Waals surface area contributed by atoms with Gasteiger partial charge in [-0.3, -0.25) is 9.59 Å². The molecule has 0 atom stereocenters. The number of nitrogens with two attached hydrogens (primary N) is 1. The number of rotatable bonds is 0. The Bertz CT molecular complexity index is 110. The first-order valence-corrected chi connectivity index (χ1v) is 3.44. The number of hydrogen-bond acceptors (Lipinski definition) is 3. The Hall–Kier alpha value is 0.260. The van der Waals surface area contributed by atoms with Gasteiger partial charge in [-0.1, -0.05) is 14.9 Å². The van der Waals surface area contributed by atoms with Crippen LogP contribution in [0.25, 0.3) is 0 Å². The van der Waals surface area contributed by atoms with Crippen molar-refractivity contribution in [1.82, 2.24) is 5.32 Å². The van der Waals surface area contributed by atoms with Crippen LogP contribution in [-0.4, -0.2) is 24.2 Å². The Kier molecular flexibility index (Phi) is 99.3. The van der Waals surface area contributed by atoms with Crippen LogP contribution in [0.3, 0.4) is 0 Å². The van der Waals surface area contributed by atoms with E-state index in [1.54, 1.807) is 0 Å². The van der Waals surface area contributed by atoms with Crippen molar-refractivity contribution in [3.8, 4) is 0 Å². The summed E-state index contributed by atoms with van der Waals surface area (Å²) in [7, 11) is 2.97. The van der Waals surface area contributed by atoms with Gasteiger partial charge in [-0.05, 0) is 41.9 Å². The van der Waals surface area contributed by atoms with Crippen LogP contribution >= 0.6 is 47.2 Å². The molecule has 14 heavy (non-hydrogen) atoms. The van der Waals surface area contributed by atoms with Crippen molar-refractivity contribution in [3.63, 3.8) is 0 Å². The van der Waals surface area contributed by atoms with Gasteiger partial charge in [0.25, 0.3) is 0 Å². The molecule has 0 aromatic carbocycles. The lowest BCUT2D eigenvalue weighted by Gasteiger charge is -1.76. The van der Waals surface area contributed by atoms with Crippen LogP contribution in [0, 0.1) is 0 Å². The summed E-state index contributed by atoms with van der Waals surface area (Å²) in [5.41, 5.74) is 4.50. The van der Waals surface area contributed by atoms with Crippen molar-refractivity contribution in [2.75, 3.05) is 14.1 Å². The highest BCUT2D eigenvalue weighted by atomic mass is 35.5. The fourth-order valence-corrected chi connectivity index (χ4v) is 0. The fraction of sp³-hybridized carbons (Fsp3) is 0.667. The molecular weight excluding hydrogens is 274 g/mol. The Morgan fingerprint density at radius 2 is 1.14 bits per heavy atom. The molecule has 0 fully saturated rings. The van der Waals surface area contributed by atoms with Crippen molar-refractivity contribution in [2.45, 2.75) is 14.9 Å². The van der Waals surface area contributed by atoms with Crippen LogP contribution in [0.1, 0.15) is 14.9 Å². The molecule has 92 valence electrons. The Balaban J connectivity index is -0.0000000166. The number of amides is 1. The number of nitrogens with one attached hydrogen (secondary N) is 1. The molecule has 0 bridgehead atoms. The molecule has 0 aromatic rings. The minimum atomic E-state index is -0.889. The SMILES string of the molecule is C.C.CN.CNC(=O)Cl.Cl.O=C(Cl)Cl. The van der Waals surface area contributed by atoms with Crippen LogP contribution in [0.4, 0.5) is 9.59 Å². The predicted octanol–water partition coefficient (Wildman–Crippen LogP) is 3.42. The van der Waals surface area contributed by atoms with Crippen LogP contribution in [0.2, 0.25) is 0 Å². The molecule has 0 aliphatic carbocycles. The molecule has 3 N–H and O–H groups in total. The summed E-state index contributed by atoms with van der Waals surface area (Å²) >= 11 is 13.5. The van der Waals surface area contributed by atoms with E-state index in [4.69, 9.17) is 16.4 Å². The summed E-state index contributed by atoms with van der Waals surface area (Å²) in [4.78, 5) is 18.4. The largest absolute Gasteiger partial charge is 0.346 e. The maximum Gasteiger partial charge on any atom is 0.313 e. The monoisotopic (exact) mass is 290 g/mol. The van der Waals surface area contributed by atoms with Gasteiger partial charge in [-0.15, -0.1) is 12.4 Å². The van der Waals surface area contributed by atoms with Crippen molar-refractivity contribution in [1.29, 1.82) is 0 Å². The number of hydrogen-bond donors (Lipinski definition) is 2. The van der Waals surface area contributed by atoms with Gasteiger partial charge in [0.15, 0.2) is 0 Å². The van der Waals surface area contributed by atoms with E-state index in [1.165, 1.54) is 14.1 Å². The van der Waals surface area contributed by atoms with E-state index in [1.807, 2.05) is 0 Å². The lowest BCUT2D eigenvalue weighted by molar-refractivity contribution is 0.261. The van der Waals surface area contributed by atoms with Gasteiger partial charge in [-0.2, -0.15) is 0 Å². The topological polar surface area (TPSA) is 72.2 Å². The van der Waals surface area contributed by atoms with Crippen LogP contribution in [0.5, 0.6) is 0 Å². The normalized spacial score (nSPS) is 4.71. The van der Waals surface area contributed by atoms with Gasteiger partial charge in [0.2, 0.25) is 0 Å². The zero-order valence-corrected chi connectivity index (χ0v) is 9.52. The molecule has 0 radical (unpaired) electrons. The molecule has 0 saturated heterocycles. The zero-order chi connectivity index (χ0) is 9.86. The first-order valence-electron chi connectivity index (χ1n) is 2.30. The minimum Gasteiger partial charge on any atom is -0.346 e. The van der Waals surface area contributed by atoms with E-state index in [0.29, 0.717) is 0 Å². The third-order valence-corrected chi connectivity index (χ3v) is 0.386. The van der Waals surface area contributed by atoms with E-state index >= 15 is 0 Å². The summed E-state index contributed by atoms with van der Waals surface area (Å²) in [5.74, 6) is 0. The highest BCUT2D eigenvalue weighted by Gasteiger charge is 1.77. The lowest BCUT2D eigenvalue weighted by Crippen LogP contribution is -2.06. The summed E-state index contributed by atoms with van der Waals surface area (Å²) in [6.07, 6.45) is 0. The molecule has 0 aliphatic heterocycles. The van der Waals surface area contributed by atoms with E-state index in [9.17, 15) is 4.79 Å². The highest BCUT2D eigenvalue weighted by molar-refractivity contribution is 6.93. The predicted molar refractivity (Wildman–Crippen MR) is 68.2 cm³/mol. The molecule has 0 spiro atoms. The molecule has 0 saturated carbocycles. The molecule has 0 aromatic heterocycles. The second-order valence-electron chi connectivity index (χ2n) is 0.749. The second-order valence-corrected chi connectivity index (χ2v) is 1.97. The minimum absolute atomic E-state index is 0. The van der Waals surface area contributed by atoms with Gasteiger partial charge < -0.3 is 11.1 Å². The Morgan fingerprint density at radius 3 is 1.14 bits per heavy atom. The van der Waals surface area contributed by atoms with E-state index in [0.717, 1.165) is 0 Å². The number of halogens is 4. The van der Waals surface area contributed by atoms with E-state index in [-0.39, 0.29) is 27.3 Å². The van der Waals surface area contributed by atoms with Gasteiger partial charge >= 0.3 is 10.1 Å². The number of carbonyl (C=O) groups is 2. The third kappa shape index (κ3) is 304. The number of carbonyl (C=O) groups excluding carboxylic acids is 2. The fourth-order valence-electron chi connectivity index (χ4n) is 0. The molecule has 1 amide bonds. The first-order chi connectivity index (χ1) is 5.00. The highest BCUT2D eigenvalue weighted by Crippen LogP contribution is 1.84. The first kappa shape index (κ1) is 36.7. The third-order valence-electron chi connectivity index (χ3n) is 0.197. The summed E-state index contributed by atoms with van der Waals surface area (Å²) in [6.45, 7) is 0. The van der Waals surface area contributed by atoms with E-state index in [2.05, 4.69) is 34.3 Å². The molecule has 8 heteroatoms. The average Bonchev–Trinajstić information content (AvgIpc) is 1.91. The van der Waals surface area contributed by atoms with Crippen molar-refractivity contribution in [2.24, 2.45) is 5.73 Å². The Labute approximate surface area is 107 Å². The maximum absolute atomic E-state index is 9.47. The van der Waals surface area contributed by atoms with Crippen LogP contribution < -0.4 is 11.1 Å². The second kappa shape index (κ2) is 37.8. The summed E-state index contributed by atoms with van der Waals surface area (Å²) in [6, 6.07) is 0. The molecular formula is C6H18Cl4N2O2. The van der Waals surface area contributed by atoms with Crippen molar-refractivity contribution >= 4 is 57.3 Å². The quantitative estimate of drug-likeness (QED) is 0.530. The molecule has 0 rings (SSSR count). The lowest BCUT2D eigenvalue weighted by atomic mass is 11.2. The Morgan fingerprint density at radius 1 is 1.07 bits per heavy atom. The average molecular weight is 292 g/mol. The van der Waals surface area contributed by atoms with Gasteiger partial charge in [0, 0.05) is 7.05 Å². The smallest absolute Gasteiger partial charge is 0.313 e. The zero-order valence-electron chi connectivity index (χ0n) is 6.44. The molecule has 0 aliphatic rings. The van der Waals surface area contributed by atoms with E-state index < -0.39 is 10.1 Å². The summed E-state index contributed by atoms with van der Waals surface area (Å²) < 4.78 is -0.889. The van der Waals surface area contributed by atoms with Crippen LogP contribution in [0.15, 0.2) is 0 Å². The molecule has 0 unspecified atom stereocenters. The standard InChI is InChI=1S/C2H4ClNO.CCl2O.CH5N.2CH4.ClH/c1-4-2(3)5;2-1(3)4;1-2;;;/h1H3,(H,4,5);;2H2,1H3;2*1H4;1H. The van der Waals surface area contributed by atoms with Crippen molar-refractivity contribution in [3.05, 3.63) is 0 Å². The summed E-state index contributed by atoms with van der Waals surface area (Å²) in [5, 5.41) is 1.63. The van der Waals surface area contributed by atoms with Crippen LogP contribution in [-0.2, 0) is 0 Å². The van der Waals surface area contributed by atoms with Crippen molar-refractivity contribution < 1.29 is 9.59 Å². The van der Waals surface area contributed by atoms with Gasteiger partial charge in [0.1, 0.15) is 0 Å². The van der Waals surface area contributed by atoms with Gasteiger partial charge in [-0.25, -0.2) is 0 Å². The van der Waals surface area contributed by atoms with Gasteiger partial charge in [0.05, 0.1) is 0 Å².